The molecular formula is C12H10N4O2S2. The number of nitro groups is 1. The van der Waals surface area contributed by atoms with Crippen LogP contribution in [-0.4, -0.2) is 16.3 Å². The Morgan fingerprint density at radius 1 is 1.35 bits per heavy atom. The van der Waals surface area contributed by atoms with E-state index in [2.05, 4.69) is 22.7 Å². The van der Waals surface area contributed by atoms with Crippen LogP contribution in [0.4, 0.5) is 5.69 Å². The van der Waals surface area contributed by atoms with Gasteiger partial charge in [-0.1, -0.05) is 0 Å². The van der Waals surface area contributed by atoms with E-state index in [9.17, 15) is 10.1 Å². The number of benzene rings is 1. The summed E-state index contributed by atoms with van der Waals surface area (Å²) in [7, 11) is 0. The summed E-state index contributed by atoms with van der Waals surface area (Å²) < 4.78 is 0. The molecule has 0 fully saturated rings. The minimum atomic E-state index is -0.419. The van der Waals surface area contributed by atoms with Crippen molar-refractivity contribution >= 4 is 40.6 Å². The highest BCUT2D eigenvalue weighted by molar-refractivity contribution is 7.80. The second-order valence-electron chi connectivity index (χ2n) is 3.74. The van der Waals surface area contributed by atoms with Crippen molar-refractivity contribution in [3.05, 3.63) is 51.4 Å². The Morgan fingerprint density at radius 3 is 2.65 bits per heavy atom. The number of hydrogen-bond donors (Lipinski definition) is 2. The van der Waals surface area contributed by atoms with Crippen LogP contribution in [0, 0.1) is 10.1 Å². The molecule has 0 saturated heterocycles. The summed E-state index contributed by atoms with van der Waals surface area (Å²) in [6, 6.07) is 10.2. The standard InChI is InChI=1S/C12H10N4O2S2/c13-12(19)15-14-7-10-5-6-11(20-10)8-1-3-9(4-2-8)16(17)18/h1-7H,(H3,13,15,19)/b14-7+. The van der Waals surface area contributed by atoms with Crippen LogP contribution >= 0.6 is 23.6 Å². The number of non-ortho nitro benzene ring substituents is 1. The molecule has 0 unspecified atom stereocenters. The number of hydrogen-bond acceptors (Lipinski definition) is 5. The second-order valence-corrected chi connectivity index (χ2v) is 5.30. The summed E-state index contributed by atoms with van der Waals surface area (Å²) in [5.74, 6) is 0. The quantitative estimate of drug-likeness (QED) is 0.392. The van der Waals surface area contributed by atoms with Crippen LogP contribution in [-0.2, 0) is 0 Å². The number of thiocarbonyl (C=S) groups is 1. The van der Waals surface area contributed by atoms with Crippen molar-refractivity contribution in [1.82, 2.24) is 5.43 Å². The van der Waals surface area contributed by atoms with E-state index in [0.29, 0.717) is 0 Å². The first-order valence-corrected chi connectivity index (χ1v) is 6.72. The molecule has 0 bridgehead atoms. The second kappa shape index (κ2) is 6.22. The smallest absolute Gasteiger partial charge is 0.269 e. The molecule has 2 rings (SSSR count). The number of nitrogens with zero attached hydrogens (tertiary/aromatic N) is 2. The maximum absolute atomic E-state index is 10.6. The van der Waals surface area contributed by atoms with Gasteiger partial charge in [0.05, 0.1) is 11.1 Å². The lowest BCUT2D eigenvalue weighted by Crippen LogP contribution is -2.23. The lowest BCUT2D eigenvalue weighted by atomic mass is 10.2. The van der Waals surface area contributed by atoms with Crippen LogP contribution < -0.4 is 11.2 Å². The monoisotopic (exact) mass is 306 g/mol. The molecule has 0 aliphatic carbocycles. The fourth-order valence-corrected chi connectivity index (χ4v) is 2.42. The van der Waals surface area contributed by atoms with Crippen LogP contribution in [0.25, 0.3) is 10.4 Å². The van der Waals surface area contributed by atoms with Crippen molar-refractivity contribution < 1.29 is 4.92 Å². The molecule has 1 aromatic heterocycles. The van der Waals surface area contributed by atoms with Crippen molar-refractivity contribution in [1.29, 1.82) is 0 Å². The predicted octanol–water partition coefficient (Wildman–Crippen LogP) is 2.49. The summed E-state index contributed by atoms with van der Waals surface area (Å²) in [6.45, 7) is 0. The van der Waals surface area contributed by atoms with E-state index in [0.717, 1.165) is 15.3 Å². The van der Waals surface area contributed by atoms with Crippen molar-refractivity contribution in [3.63, 3.8) is 0 Å². The molecular weight excluding hydrogens is 296 g/mol. The Bertz CT molecular complexity index is 664. The summed E-state index contributed by atoms with van der Waals surface area (Å²) >= 11 is 6.14. The zero-order valence-corrected chi connectivity index (χ0v) is 11.8. The zero-order chi connectivity index (χ0) is 14.5. The number of nitrogens with two attached hydrogens (primary N) is 1. The normalized spacial score (nSPS) is 10.6. The third kappa shape index (κ3) is 3.59. The Balaban J connectivity index is 2.14. The molecule has 0 saturated carbocycles. The van der Waals surface area contributed by atoms with E-state index >= 15 is 0 Å². The molecule has 1 heterocycles. The van der Waals surface area contributed by atoms with Gasteiger partial charge in [-0.05, 0) is 42.0 Å². The Kier molecular flexibility index (Phi) is 4.38. The molecule has 0 amide bonds. The number of nitrogens with one attached hydrogen (secondary N) is 1. The molecule has 8 heteroatoms. The fraction of sp³-hybridized carbons (Fsp3) is 0. The highest BCUT2D eigenvalue weighted by Gasteiger charge is 2.06. The van der Waals surface area contributed by atoms with Crippen LogP contribution in [0.1, 0.15) is 4.88 Å². The van der Waals surface area contributed by atoms with Crippen molar-refractivity contribution in [3.8, 4) is 10.4 Å². The Labute approximate surface area is 124 Å². The summed E-state index contributed by atoms with van der Waals surface area (Å²) in [5, 5.41) is 14.6. The number of hydrazone groups is 1. The maximum Gasteiger partial charge on any atom is 0.269 e. The fourth-order valence-electron chi connectivity index (χ4n) is 1.48. The minimum absolute atomic E-state index is 0.0766. The van der Waals surface area contributed by atoms with Gasteiger partial charge in [-0.25, -0.2) is 0 Å². The van der Waals surface area contributed by atoms with Crippen LogP contribution in [0.2, 0.25) is 0 Å². The van der Waals surface area contributed by atoms with Crippen LogP contribution in [0.5, 0.6) is 0 Å². The molecule has 0 atom stereocenters. The van der Waals surface area contributed by atoms with Crippen molar-refractivity contribution in [2.45, 2.75) is 0 Å². The molecule has 20 heavy (non-hydrogen) atoms. The van der Waals surface area contributed by atoms with Gasteiger partial charge in [0.25, 0.3) is 5.69 Å². The van der Waals surface area contributed by atoms with E-state index in [1.807, 2.05) is 12.1 Å². The summed E-state index contributed by atoms with van der Waals surface area (Å²) in [5.41, 5.74) is 8.72. The SMILES string of the molecule is NC(=S)N/N=C/c1ccc(-c2ccc([N+](=O)[O-])cc2)s1. The molecule has 0 radical (unpaired) electrons. The summed E-state index contributed by atoms with van der Waals surface area (Å²) in [4.78, 5) is 12.1. The largest absolute Gasteiger partial charge is 0.375 e. The molecule has 0 aliphatic heterocycles. The van der Waals surface area contributed by atoms with Gasteiger partial charge in [0.15, 0.2) is 5.11 Å². The van der Waals surface area contributed by atoms with E-state index in [-0.39, 0.29) is 10.8 Å². The minimum Gasteiger partial charge on any atom is -0.375 e. The van der Waals surface area contributed by atoms with Gasteiger partial charge in [-0.3, -0.25) is 15.5 Å². The molecule has 0 spiro atoms. The number of thiophene rings is 1. The molecule has 102 valence electrons. The van der Waals surface area contributed by atoms with Gasteiger partial charge >= 0.3 is 0 Å². The van der Waals surface area contributed by atoms with Crippen LogP contribution in [0.3, 0.4) is 0 Å². The van der Waals surface area contributed by atoms with E-state index in [4.69, 9.17) is 5.73 Å². The average molecular weight is 306 g/mol. The van der Waals surface area contributed by atoms with Crippen molar-refractivity contribution in [2.75, 3.05) is 0 Å². The summed E-state index contributed by atoms with van der Waals surface area (Å²) in [6.07, 6.45) is 1.61. The van der Waals surface area contributed by atoms with Gasteiger partial charge < -0.3 is 5.73 Å². The molecule has 1 aromatic carbocycles. The number of nitro benzene ring substituents is 1. The molecule has 0 aliphatic rings. The zero-order valence-electron chi connectivity index (χ0n) is 10.1. The van der Waals surface area contributed by atoms with E-state index < -0.39 is 4.92 Å². The van der Waals surface area contributed by atoms with Gasteiger partial charge in [0.1, 0.15) is 0 Å². The Hall–Kier alpha value is -2.32. The maximum atomic E-state index is 10.6. The first-order valence-electron chi connectivity index (χ1n) is 5.49. The van der Waals surface area contributed by atoms with E-state index in [1.54, 1.807) is 18.3 Å². The third-order valence-electron chi connectivity index (χ3n) is 2.36. The highest BCUT2D eigenvalue weighted by Crippen LogP contribution is 2.28. The predicted molar refractivity (Wildman–Crippen MR) is 83.9 cm³/mol. The first kappa shape index (κ1) is 14.1. The first-order chi connectivity index (χ1) is 9.56. The topological polar surface area (TPSA) is 93.5 Å². The number of rotatable bonds is 4. The lowest BCUT2D eigenvalue weighted by molar-refractivity contribution is -0.384. The van der Waals surface area contributed by atoms with Crippen LogP contribution in [0.15, 0.2) is 41.5 Å². The third-order valence-corrected chi connectivity index (χ3v) is 3.52. The lowest BCUT2D eigenvalue weighted by Gasteiger charge is -1.96. The molecule has 2 aromatic rings. The average Bonchev–Trinajstić information content (AvgIpc) is 2.87. The van der Waals surface area contributed by atoms with E-state index in [1.165, 1.54) is 23.5 Å². The highest BCUT2D eigenvalue weighted by atomic mass is 32.1. The van der Waals surface area contributed by atoms with Crippen molar-refractivity contribution in [2.24, 2.45) is 10.8 Å². The van der Waals surface area contributed by atoms with Gasteiger partial charge in [0, 0.05) is 21.9 Å². The Morgan fingerprint density at radius 2 is 2.05 bits per heavy atom. The molecule has 3 N–H and O–H groups in total. The van der Waals surface area contributed by atoms with Gasteiger partial charge in [0.2, 0.25) is 0 Å². The molecule has 6 nitrogen and oxygen atoms in total. The van der Waals surface area contributed by atoms with Gasteiger partial charge in [-0.2, -0.15) is 5.10 Å². The van der Waals surface area contributed by atoms with Gasteiger partial charge in [-0.15, -0.1) is 11.3 Å².